The molecule has 138 valence electrons. The molecule has 3 atom stereocenters. The van der Waals surface area contributed by atoms with E-state index in [-0.39, 0.29) is 36.4 Å². The summed E-state index contributed by atoms with van der Waals surface area (Å²) in [6, 6.07) is 3.07. The van der Waals surface area contributed by atoms with Crippen molar-refractivity contribution < 1.29 is 25.2 Å². The molecule has 5 heteroatoms. The molecule has 0 bridgehead atoms. The summed E-state index contributed by atoms with van der Waals surface area (Å²) >= 11 is 0. The van der Waals surface area contributed by atoms with Crippen molar-refractivity contribution in [3.05, 3.63) is 40.5 Å². The van der Waals surface area contributed by atoms with E-state index in [2.05, 4.69) is 13.8 Å². The lowest BCUT2D eigenvalue weighted by atomic mass is 9.71. The van der Waals surface area contributed by atoms with Crippen LogP contribution < -0.4 is 0 Å². The topological polar surface area (TPSA) is 98.0 Å². The first-order valence-corrected chi connectivity index (χ1v) is 8.88. The Morgan fingerprint density at radius 3 is 2.56 bits per heavy atom. The number of aliphatic hydroxyl groups is 2. The van der Waals surface area contributed by atoms with Gasteiger partial charge in [0.2, 0.25) is 0 Å². The Hall–Kier alpha value is -1.85. The van der Waals surface area contributed by atoms with Gasteiger partial charge < -0.3 is 20.4 Å². The second kappa shape index (κ2) is 8.50. The summed E-state index contributed by atoms with van der Waals surface area (Å²) in [6.45, 7) is 3.94. The van der Waals surface area contributed by atoms with Gasteiger partial charge in [-0.15, -0.1) is 0 Å². The van der Waals surface area contributed by atoms with Crippen LogP contribution >= 0.6 is 0 Å². The molecule has 0 aromatic heterocycles. The number of aromatic hydroxyl groups is 1. The molecule has 0 saturated carbocycles. The Morgan fingerprint density at radius 1 is 1.28 bits per heavy atom. The molecule has 1 aromatic rings. The molecule has 5 nitrogen and oxygen atoms in total. The molecule has 0 saturated heterocycles. The van der Waals surface area contributed by atoms with Crippen molar-refractivity contribution in [1.29, 1.82) is 0 Å². The highest BCUT2D eigenvalue weighted by Gasteiger charge is 2.31. The summed E-state index contributed by atoms with van der Waals surface area (Å²) in [5, 5.41) is 37.8. The van der Waals surface area contributed by atoms with Crippen LogP contribution in [0.5, 0.6) is 5.75 Å². The highest BCUT2D eigenvalue weighted by Crippen LogP contribution is 2.47. The maximum Gasteiger partial charge on any atom is 0.335 e. The van der Waals surface area contributed by atoms with E-state index in [1.807, 2.05) is 6.08 Å². The molecular weight excluding hydrogens is 320 g/mol. The fourth-order valence-corrected chi connectivity index (χ4v) is 3.88. The van der Waals surface area contributed by atoms with Crippen LogP contribution in [-0.2, 0) is 0 Å². The number of aliphatic hydroxyl groups excluding tert-OH is 2. The van der Waals surface area contributed by atoms with Gasteiger partial charge in [-0.2, -0.15) is 0 Å². The molecule has 25 heavy (non-hydrogen) atoms. The van der Waals surface area contributed by atoms with E-state index in [0.29, 0.717) is 11.5 Å². The number of phenolic OH excluding ortho intramolecular Hbond substituents is 1. The molecule has 1 aliphatic rings. The highest BCUT2D eigenvalue weighted by atomic mass is 16.4. The Balaban J connectivity index is 2.25. The Kier molecular flexibility index (Phi) is 6.62. The maximum atomic E-state index is 11.3. The number of hydrogen-bond acceptors (Lipinski definition) is 4. The minimum absolute atomic E-state index is 0.0852. The Morgan fingerprint density at radius 2 is 1.96 bits per heavy atom. The molecule has 0 aliphatic heterocycles. The smallest absolute Gasteiger partial charge is 0.335 e. The first-order valence-electron chi connectivity index (χ1n) is 8.88. The van der Waals surface area contributed by atoms with E-state index >= 15 is 0 Å². The van der Waals surface area contributed by atoms with E-state index in [4.69, 9.17) is 10.2 Å². The molecule has 4 N–H and O–H groups in total. The summed E-state index contributed by atoms with van der Waals surface area (Å²) in [5.41, 5.74) is 2.59. The maximum absolute atomic E-state index is 11.3. The predicted molar refractivity (Wildman–Crippen MR) is 96.1 cm³/mol. The lowest BCUT2D eigenvalue weighted by Gasteiger charge is -2.34. The van der Waals surface area contributed by atoms with Gasteiger partial charge in [-0.05, 0) is 66.7 Å². The molecule has 1 aromatic carbocycles. The van der Waals surface area contributed by atoms with E-state index in [1.54, 1.807) is 6.07 Å². The minimum atomic E-state index is -1.03. The third kappa shape index (κ3) is 4.41. The first-order chi connectivity index (χ1) is 11.9. The average Bonchev–Trinajstić information content (AvgIpc) is 2.58. The molecule has 1 aliphatic carbocycles. The minimum Gasteiger partial charge on any atom is -0.508 e. The number of benzene rings is 1. The molecule has 3 unspecified atom stereocenters. The predicted octanol–water partition coefficient (Wildman–Crippen LogP) is 3.40. The quantitative estimate of drug-likeness (QED) is 0.566. The van der Waals surface area contributed by atoms with E-state index in [1.165, 1.54) is 6.07 Å². The second-order valence-electron chi connectivity index (χ2n) is 7.12. The number of rotatable bonds is 7. The Labute approximate surface area is 148 Å². The molecule has 0 heterocycles. The first kappa shape index (κ1) is 19.5. The second-order valence-corrected chi connectivity index (χ2v) is 7.12. The molecule has 0 radical (unpaired) electrons. The summed E-state index contributed by atoms with van der Waals surface area (Å²) in [4.78, 5) is 11.3. The largest absolute Gasteiger partial charge is 0.508 e. The average molecular weight is 348 g/mol. The van der Waals surface area contributed by atoms with Crippen LogP contribution in [0.1, 0.15) is 72.9 Å². The van der Waals surface area contributed by atoms with Crippen molar-refractivity contribution in [2.24, 2.45) is 5.92 Å². The summed E-state index contributed by atoms with van der Waals surface area (Å²) < 4.78 is 0. The third-order valence-corrected chi connectivity index (χ3v) is 5.39. The van der Waals surface area contributed by atoms with Gasteiger partial charge in [-0.3, -0.25) is 0 Å². The summed E-state index contributed by atoms with van der Waals surface area (Å²) in [7, 11) is 0. The number of aromatic carboxylic acids is 1. The number of carbonyl (C=O) groups is 1. The van der Waals surface area contributed by atoms with Gasteiger partial charge in [0.05, 0.1) is 18.8 Å². The van der Waals surface area contributed by atoms with Crippen LogP contribution in [0.25, 0.3) is 0 Å². The van der Waals surface area contributed by atoms with E-state index in [9.17, 15) is 15.0 Å². The lowest BCUT2D eigenvalue weighted by Crippen LogP contribution is -2.19. The van der Waals surface area contributed by atoms with Gasteiger partial charge in [-0.25, -0.2) is 4.79 Å². The lowest BCUT2D eigenvalue weighted by molar-refractivity contribution is 0.0696. The standard InChI is InChI=1S/C20H28O5/c1-12(4-3-5-14(10-21)11-22)16-7-6-13(2)19-17(16)8-15(20(24)25)9-18(19)23/h5,8-9,12-13,16,21-23H,3-4,6-7,10-11H2,1-2H3,(H,24,25). The number of carboxylic acid groups (broad SMARTS) is 1. The fourth-order valence-electron chi connectivity index (χ4n) is 3.88. The Bertz CT molecular complexity index is 644. The van der Waals surface area contributed by atoms with E-state index < -0.39 is 5.97 Å². The summed E-state index contributed by atoms with van der Waals surface area (Å²) in [6.07, 6.45) is 5.43. The van der Waals surface area contributed by atoms with E-state index in [0.717, 1.165) is 36.8 Å². The fraction of sp³-hybridized carbons (Fsp3) is 0.550. The zero-order valence-corrected chi connectivity index (χ0v) is 14.9. The third-order valence-electron chi connectivity index (χ3n) is 5.39. The van der Waals surface area contributed by atoms with Gasteiger partial charge in [0, 0.05) is 5.56 Å². The van der Waals surface area contributed by atoms with Gasteiger partial charge >= 0.3 is 5.97 Å². The number of hydrogen-bond donors (Lipinski definition) is 4. The highest BCUT2D eigenvalue weighted by molar-refractivity contribution is 5.88. The van der Waals surface area contributed by atoms with Crippen LogP contribution in [0.3, 0.4) is 0 Å². The van der Waals surface area contributed by atoms with Gasteiger partial charge in [0.15, 0.2) is 0 Å². The van der Waals surface area contributed by atoms with Crippen LogP contribution in [0.2, 0.25) is 0 Å². The van der Waals surface area contributed by atoms with Crippen LogP contribution in [-0.4, -0.2) is 39.6 Å². The van der Waals surface area contributed by atoms with Crippen molar-refractivity contribution in [3.63, 3.8) is 0 Å². The molecule has 0 amide bonds. The zero-order chi connectivity index (χ0) is 18.6. The number of carboxylic acids is 1. The number of phenols is 1. The molecule has 0 fully saturated rings. The molecular formula is C20H28O5. The normalized spacial score (nSPS) is 20.6. The zero-order valence-electron chi connectivity index (χ0n) is 14.9. The number of fused-ring (bicyclic) bond motifs is 1. The van der Waals surface area contributed by atoms with Crippen molar-refractivity contribution in [2.75, 3.05) is 13.2 Å². The van der Waals surface area contributed by atoms with Gasteiger partial charge in [0.1, 0.15) is 5.75 Å². The van der Waals surface area contributed by atoms with Crippen molar-refractivity contribution in [1.82, 2.24) is 0 Å². The van der Waals surface area contributed by atoms with Gasteiger partial charge in [-0.1, -0.05) is 19.9 Å². The molecule has 0 spiro atoms. The van der Waals surface area contributed by atoms with Crippen molar-refractivity contribution >= 4 is 5.97 Å². The molecule has 2 rings (SSSR count). The van der Waals surface area contributed by atoms with Gasteiger partial charge in [0.25, 0.3) is 0 Å². The van der Waals surface area contributed by atoms with Crippen molar-refractivity contribution in [3.8, 4) is 5.75 Å². The monoisotopic (exact) mass is 348 g/mol. The number of allylic oxidation sites excluding steroid dienone is 1. The van der Waals surface area contributed by atoms with Crippen LogP contribution in [0.4, 0.5) is 0 Å². The van der Waals surface area contributed by atoms with Crippen LogP contribution in [0, 0.1) is 5.92 Å². The summed E-state index contributed by atoms with van der Waals surface area (Å²) in [5.74, 6) is -0.208. The van der Waals surface area contributed by atoms with Crippen LogP contribution in [0.15, 0.2) is 23.8 Å². The van der Waals surface area contributed by atoms with Crippen molar-refractivity contribution in [2.45, 2.75) is 51.4 Å². The SMILES string of the molecule is CC1CCC(C(C)CCC=C(CO)CO)c2cc(C(=O)O)cc(O)c21.